The molecule has 2 aromatic heterocycles. The maximum absolute atomic E-state index is 11.3. The fourth-order valence-electron chi connectivity index (χ4n) is 2.54. The topological polar surface area (TPSA) is 122 Å². The van der Waals surface area contributed by atoms with E-state index >= 15 is 0 Å². The van der Waals surface area contributed by atoms with Crippen LogP contribution in [0.1, 0.15) is 0 Å². The maximum Gasteiger partial charge on any atom is 0.278 e. The van der Waals surface area contributed by atoms with Gasteiger partial charge in [0, 0.05) is 0 Å². The number of hydrogen-bond acceptors (Lipinski definition) is 5. The van der Waals surface area contributed by atoms with Gasteiger partial charge < -0.3 is 4.85 Å². The predicted molar refractivity (Wildman–Crippen MR) is 95.3 cm³/mol. The number of imidazole rings is 1. The second-order valence-corrected chi connectivity index (χ2v) is 6.98. The number of nitrogens with zero attached hydrogens (tertiary/aromatic N) is 5. The second kappa shape index (κ2) is 5.76. The molecule has 4 aromatic rings. The Morgan fingerprint density at radius 1 is 1.12 bits per heavy atom. The van der Waals surface area contributed by atoms with Crippen LogP contribution in [0.2, 0.25) is 0 Å². The number of nitrogens with two attached hydrogens (primary N) is 1. The number of fused-ring (bicyclic) bond motifs is 3. The first-order chi connectivity index (χ1) is 12.5. The van der Waals surface area contributed by atoms with Crippen molar-refractivity contribution < 1.29 is 8.42 Å². The van der Waals surface area contributed by atoms with Crippen molar-refractivity contribution in [2.75, 3.05) is 0 Å². The molecule has 3 N–H and O–H groups in total. The van der Waals surface area contributed by atoms with Crippen molar-refractivity contribution in [3.8, 4) is 0 Å². The van der Waals surface area contributed by atoms with Gasteiger partial charge >= 0.3 is 0 Å². The van der Waals surface area contributed by atoms with E-state index in [1.54, 1.807) is 4.52 Å². The average Bonchev–Trinajstić information content (AvgIpc) is 3.15. The minimum absolute atomic E-state index is 0.0122. The molecule has 0 saturated heterocycles. The minimum Gasteiger partial charge on any atom is -0.360 e. The van der Waals surface area contributed by atoms with Crippen molar-refractivity contribution >= 4 is 43.9 Å². The van der Waals surface area contributed by atoms with Gasteiger partial charge in [-0.15, -0.1) is 0 Å². The van der Waals surface area contributed by atoms with Crippen molar-refractivity contribution in [2.24, 2.45) is 15.4 Å². The number of azo groups is 1. The van der Waals surface area contributed by atoms with Crippen molar-refractivity contribution in [1.29, 1.82) is 0 Å². The van der Waals surface area contributed by atoms with Gasteiger partial charge in [-0.05, 0) is 36.4 Å². The van der Waals surface area contributed by atoms with E-state index in [-0.39, 0.29) is 10.7 Å². The fraction of sp³-hybridized carbons (Fsp3) is 0. The highest BCUT2D eigenvalue weighted by Gasteiger charge is 2.17. The number of H-pyrrole nitrogens is 1. The van der Waals surface area contributed by atoms with E-state index < -0.39 is 10.0 Å². The Kier molecular flexibility index (Phi) is 3.54. The number of primary sulfonamides is 1. The summed E-state index contributed by atoms with van der Waals surface area (Å²) < 4.78 is 24.2. The van der Waals surface area contributed by atoms with E-state index in [2.05, 4.69) is 25.2 Å². The number of rotatable bonds is 3. The van der Waals surface area contributed by atoms with E-state index in [4.69, 9.17) is 11.7 Å². The summed E-state index contributed by atoms with van der Waals surface area (Å²) in [5.74, 6) is 0.211. The van der Waals surface area contributed by atoms with Gasteiger partial charge in [-0.1, -0.05) is 18.7 Å². The number of sulfonamides is 1. The van der Waals surface area contributed by atoms with Crippen LogP contribution in [0.4, 0.5) is 17.2 Å². The van der Waals surface area contributed by atoms with Gasteiger partial charge in [-0.3, -0.25) is 0 Å². The quantitative estimate of drug-likeness (QED) is 0.427. The lowest BCUT2D eigenvalue weighted by molar-refractivity contribution is 0.598. The molecule has 0 aliphatic heterocycles. The van der Waals surface area contributed by atoms with Crippen LogP contribution in [0, 0.1) is 6.57 Å². The largest absolute Gasteiger partial charge is 0.360 e. The third-order valence-corrected chi connectivity index (χ3v) is 4.69. The Labute approximate surface area is 147 Å². The first-order valence-electron chi connectivity index (χ1n) is 7.38. The average molecular weight is 365 g/mol. The predicted octanol–water partition coefficient (Wildman–Crippen LogP) is 3.43. The molecule has 0 aliphatic rings. The summed E-state index contributed by atoms with van der Waals surface area (Å²) >= 11 is 0. The van der Waals surface area contributed by atoms with Crippen LogP contribution in [0.25, 0.3) is 21.5 Å². The first-order valence-corrected chi connectivity index (χ1v) is 8.93. The number of hydrogen-bond donors (Lipinski definition) is 2. The smallest absolute Gasteiger partial charge is 0.278 e. The minimum atomic E-state index is -3.76. The Morgan fingerprint density at radius 2 is 1.85 bits per heavy atom. The van der Waals surface area contributed by atoms with Gasteiger partial charge in [0.1, 0.15) is 5.52 Å². The van der Waals surface area contributed by atoms with Crippen LogP contribution in [-0.2, 0) is 10.0 Å². The number of aromatic nitrogens is 3. The van der Waals surface area contributed by atoms with Crippen molar-refractivity contribution in [2.45, 2.75) is 4.90 Å². The molecule has 0 unspecified atom stereocenters. The van der Waals surface area contributed by atoms with Crippen molar-refractivity contribution in [1.82, 2.24) is 14.6 Å². The van der Waals surface area contributed by atoms with Crippen LogP contribution in [0.3, 0.4) is 0 Å². The van der Waals surface area contributed by atoms with E-state index in [0.717, 1.165) is 11.0 Å². The zero-order chi connectivity index (χ0) is 18.3. The highest BCUT2D eigenvalue weighted by atomic mass is 32.2. The highest BCUT2D eigenvalue weighted by molar-refractivity contribution is 7.89. The molecule has 0 fully saturated rings. The number of aromatic amines is 1. The molecule has 0 atom stereocenters. The van der Waals surface area contributed by atoms with Crippen LogP contribution in [0.5, 0.6) is 0 Å². The monoisotopic (exact) mass is 365 g/mol. The number of para-hydroxylation sites is 2. The molecule has 128 valence electrons. The second-order valence-electron chi connectivity index (χ2n) is 5.42. The number of nitrogens with one attached hydrogen (secondary N) is 1. The number of benzene rings is 2. The molecule has 4 rings (SSSR count). The van der Waals surface area contributed by atoms with Gasteiger partial charge in [0.05, 0.1) is 16.1 Å². The summed E-state index contributed by atoms with van der Waals surface area (Å²) in [7, 11) is -3.76. The van der Waals surface area contributed by atoms with E-state index in [1.165, 1.54) is 24.3 Å². The summed E-state index contributed by atoms with van der Waals surface area (Å²) in [4.78, 5) is 7.90. The highest BCUT2D eigenvalue weighted by Crippen LogP contribution is 2.35. The molecular formula is C16H11N7O2S. The standard InChI is InChI=1S/C16H11N7O2S/c1-18-15-14(16-19-12-4-2-3-5-13(12)23(16)22-15)21-20-10-6-8-11(9-7-10)26(17,24)25/h2-9,22H,(H2,17,24,25). The Balaban J connectivity index is 1.79. The van der Waals surface area contributed by atoms with E-state index in [1.807, 2.05) is 24.3 Å². The Bertz CT molecular complexity index is 1310. The molecule has 0 amide bonds. The summed E-state index contributed by atoms with van der Waals surface area (Å²) in [6, 6.07) is 13.1. The van der Waals surface area contributed by atoms with Crippen LogP contribution in [0.15, 0.2) is 63.7 Å². The van der Waals surface area contributed by atoms with Crippen LogP contribution in [-0.4, -0.2) is 23.0 Å². The van der Waals surface area contributed by atoms with Gasteiger partial charge in [-0.25, -0.2) is 23.6 Å². The lowest BCUT2D eigenvalue weighted by atomic mass is 10.3. The molecule has 9 nitrogen and oxygen atoms in total. The van der Waals surface area contributed by atoms with E-state index in [0.29, 0.717) is 17.0 Å². The van der Waals surface area contributed by atoms with Gasteiger partial charge in [0.25, 0.3) is 5.82 Å². The summed E-state index contributed by atoms with van der Waals surface area (Å²) in [6.07, 6.45) is 0. The Morgan fingerprint density at radius 3 is 2.54 bits per heavy atom. The summed E-state index contributed by atoms with van der Waals surface area (Å²) in [5.41, 5.74) is 2.81. The zero-order valence-corrected chi connectivity index (χ0v) is 14.0. The van der Waals surface area contributed by atoms with Crippen molar-refractivity contribution in [3.05, 3.63) is 59.9 Å². The molecule has 0 spiro atoms. The van der Waals surface area contributed by atoms with Gasteiger partial charge in [0.15, 0.2) is 11.3 Å². The summed E-state index contributed by atoms with van der Waals surface area (Å²) in [6.45, 7) is 7.31. The third kappa shape index (κ3) is 2.61. The van der Waals surface area contributed by atoms with Gasteiger partial charge in [0.2, 0.25) is 10.0 Å². The van der Waals surface area contributed by atoms with Gasteiger partial charge in [-0.2, -0.15) is 14.7 Å². The molecule has 0 aliphatic carbocycles. The van der Waals surface area contributed by atoms with Crippen LogP contribution < -0.4 is 5.14 Å². The Hall–Kier alpha value is -3.55. The van der Waals surface area contributed by atoms with E-state index in [9.17, 15) is 8.42 Å². The molecule has 26 heavy (non-hydrogen) atoms. The zero-order valence-electron chi connectivity index (χ0n) is 13.2. The molecule has 0 radical (unpaired) electrons. The van der Waals surface area contributed by atoms with Crippen molar-refractivity contribution in [3.63, 3.8) is 0 Å². The molecule has 2 aromatic carbocycles. The first kappa shape index (κ1) is 15.9. The molecular weight excluding hydrogens is 354 g/mol. The molecule has 0 saturated carbocycles. The maximum atomic E-state index is 11.3. The normalized spacial score (nSPS) is 12.2. The molecule has 2 heterocycles. The fourth-order valence-corrected chi connectivity index (χ4v) is 3.06. The van der Waals surface area contributed by atoms with Crippen LogP contribution >= 0.6 is 0 Å². The lowest BCUT2D eigenvalue weighted by Crippen LogP contribution is -2.11. The third-order valence-electron chi connectivity index (χ3n) is 3.76. The molecule has 0 bridgehead atoms. The SMILES string of the molecule is [C-]#[N+]c1[nH]n2c(nc3ccccc32)c1N=Nc1ccc(S(N)(=O)=O)cc1. The lowest BCUT2D eigenvalue weighted by Gasteiger charge is -1.97. The summed E-state index contributed by atoms with van der Waals surface area (Å²) in [5, 5.41) is 16.2. The molecule has 10 heteroatoms.